The number of benzene rings is 1. The van der Waals surface area contributed by atoms with Crippen LogP contribution < -0.4 is 21.0 Å². The number of nitrogens with zero attached hydrogens (tertiary/aromatic N) is 3. The fourth-order valence-corrected chi connectivity index (χ4v) is 5.08. The molecule has 1 aliphatic heterocycles. The Kier molecular flexibility index (Phi) is 8.68. The first-order valence-corrected chi connectivity index (χ1v) is 12.7. The van der Waals surface area contributed by atoms with Gasteiger partial charge in [-0.05, 0) is 51.1 Å². The van der Waals surface area contributed by atoms with E-state index >= 15 is 0 Å². The lowest BCUT2D eigenvalue weighted by molar-refractivity contribution is -0.144. The molecule has 200 valence electrons. The van der Waals surface area contributed by atoms with Crippen LogP contribution in [0.4, 0.5) is 10.2 Å². The first kappa shape index (κ1) is 28.2. The molecule has 0 radical (unpaired) electrons. The van der Waals surface area contributed by atoms with Crippen molar-refractivity contribution in [2.24, 2.45) is 5.41 Å². The van der Waals surface area contributed by atoms with Crippen LogP contribution in [0.5, 0.6) is 5.75 Å². The van der Waals surface area contributed by atoms with Crippen LogP contribution in [0, 0.1) is 22.6 Å². The van der Waals surface area contributed by atoms with Crippen molar-refractivity contribution < 1.29 is 37.4 Å². The minimum absolute atomic E-state index is 0.0413. The SMILES string of the molecule is CCOC(=O)[C@H](C)NP(=O)(OC[C@H]1O[C@@H](n2ccc(N)nc2=O)[C@](C)(C#N)[C@@H]1O)Oc1ccc(F)cc1. The molecule has 2 aromatic rings. The third-order valence-corrected chi connectivity index (χ3v) is 7.21. The van der Waals surface area contributed by atoms with E-state index < -0.39 is 61.7 Å². The van der Waals surface area contributed by atoms with Crippen molar-refractivity contribution >= 4 is 19.5 Å². The van der Waals surface area contributed by atoms with E-state index in [1.807, 2.05) is 6.07 Å². The zero-order valence-corrected chi connectivity index (χ0v) is 21.1. The average Bonchev–Trinajstić information content (AvgIpc) is 3.10. The number of aliphatic hydroxyl groups excluding tert-OH is 1. The lowest BCUT2D eigenvalue weighted by Gasteiger charge is -2.26. The Morgan fingerprint density at radius 3 is 2.70 bits per heavy atom. The molecule has 0 saturated carbocycles. The highest BCUT2D eigenvalue weighted by atomic mass is 31.2. The van der Waals surface area contributed by atoms with Crippen LogP contribution in [0.1, 0.15) is 27.0 Å². The van der Waals surface area contributed by atoms with E-state index in [0.717, 1.165) is 16.7 Å². The van der Waals surface area contributed by atoms with Crippen LogP contribution >= 0.6 is 7.75 Å². The van der Waals surface area contributed by atoms with Crippen molar-refractivity contribution in [3.8, 4) is 11.8 Å². The van der Waals surface area contributed by atoms with Crippen molar-refractivity contribution in [1.82, 2.24) is 14.6 Å². The van der Waals surface area contributed by atoms with Gasteiger partial charge in [-0.3, -0.25) is 13.9 Å². The first-order chi connectivity index (χ1) is 17.4. The maximum Gasteiger partial charge on any atom is 0.459 e. The van der Waals surface area contributed by atoms with E-state index in [4.69, 9.17) is 24.3 Å². The van der Waals surface area contributed by atoms with Gasteiger partial charge in [0, 0.05) is 6.20 Å². The molecule has 4 N–H and O–H groups in total. The summed E-state index contributed by atoms with van der Waals surface area (Å²) in [7, 11) is -4.37. The number of halogens is 1. The van der Waals surface area contributed by atoms with E-state index in [2.05, 4.69) is 10.1 Å². The number of carbonyl (C=O) groups excluding carboxylic acids is 1. The molecular formula is C22H27FN5O8P. The summed E-state index contributed by atoms with van der Waals surface area (Å²) in [5, 5.41) is 23.1. The Bertz CT molecular complexity index is 1270. The molecule has 2 heterocycles. The van der Waals surface area contributed by atoms with E-state index in [1.165, 1.54) is 38.2 Å². The predicted molar refractivity (Wildman–Crippen MR) is 126 cm³/mol. The van der Waals surface area contributed by atoms with Crippen molar-refractivity contribution in [1.29, 1.82) is 5.26 Å². The lowest BCUT2D eigenvalue weighted by atomic mass is 9.84. The van der Waals surface area contributed by atoms with Crippen LogP contribution in [-0.4, -0.2) is 52.1 Å². The standard InChI is InChI=1S/C22H27FN5O8P/c1-4-33-19(30)13(2)27-37(32,36-15-7-5-14(23)6-8-15)34-11-16-18(29)22(3,12-24)20(35-16)28-10-9-17(25)26-21(28)31/h5-10,13,16,18,20,29H,4,11H2,1-3H3,(H,27,32)(H2,25,26,31)/t13-,16+,18+,20+,22+,37?/m0/s1. The number of nitrogen functional groups attached to an aromatic ring is 1. The quantitative estimate of drug-likeness (QED) is 0.292. The van der Waals surface area contributed by atoms with Gasteiger partial charge in [0.25, 0.3) is 0 Å². The molecule has 3 rings (SSSR count). The maximum absolute atomic E-state index is 13.6. The molecule has 0 aliphatic carbocycles. The Morgan fingerprint density at radius 2 is 2.11 bits per heavy atom. The third-order valence-electron chi connectivity index (χ3n) is 5.57. The van der Waals surface area contributed by atoms with Gasteiger partial charge in [-0.2, -0.15) is 15.3 Å². The molecule has 1 aliphatic rings. The smallest absolute Gasteiger partial charge is 0.459 e. The fraction of sp³-hybridized carbons (Fsp3) is 0.455. The first-order valence-electron chi connectivity index (χ1n) is 11.2. The number of anilines is 1. The van der Waals surface area contributed by atoms with Crippen LogP contribution in [0.25, 0.3) is 0 Å². The Labute approximate surface area is 211 Å². The zero-order valence-electron chi connectivity index (χ0n) is 20.2. The second-order valence-corrected chi connectivity index (χ2v) is 10.0. The molecule has 6 atom stereocenters. The highest BCUT2D eigenvalue weighted by Crippen LogP contribution is 2.48. The summed E-state index contributed by atoms with van der Waals surface area (Å²) in [6.45, 7) is 3.82. The fourth-order valence-electron chi connectivity index (χ4n) is 3.58. The Hall–Kier alpha value is -3.34. The average molecular weight is 539 g/mol. The van der Waals surface area contributed by atoms with Crippen LogP contribution in [-0.2, 0) is 23.4 Å². The number of aromatic nitrogens is 2. The third kappa shape index (κ3) is 6.33. The van der Waals surface area contributed by atoms with Gasteiger partial charge >= 0.3 is 19.4 Å². The van der Waals surface area contributed by atoms with Gasteiger partial charge in [0.05, 0.1) is 19.3 Å². The number of aliphatic hydroxyl groups is 1. The maximum atomic E-state index is 13.6. The highest BCUT2D eigenvalue weighted by Gasteiger charge is 2.55. The zero-order chi connectivity index (χ0) is 27.4. The molecule has 13 nitrogen and oxygen atoms in total. The number of rotatable bonds is 10. The van der Waals surface area contributed by atoms with Crippen molar-refractivity contribution in [3.63, 3.8) is 0 Å². The second-order valence-electron chi connectivity index (χ2n) is 8.35. The van der Waals surface area contributed by atoms with Crippen LogP contribution in [0.2, 0.25) is 0 Å². The van der Waals surface area contributed by atoms with Gasteiger partial charge < -0.3 is 24.8 Å². The Balaban J connectivity index is 1.84. The summed E-state index contributed by atoms with van der Waals surface area (Å²) in [6, 6.07) is 6.67. The molecule has 0 spiro atoms. The molecule has 0 amide bonds. The number of esters is 1. The van der Waals surface area contributed by atoms with Gasteiger partial charge in [0.15, 0.2) is 6.23 Å². The van der Waals surface area contributed by atoms with E-state index in [0.29, 0.717) is 0 Å². The van der Waals surface area contributed by atoms with Crippen molar-refractivity contribution in [2.45, 2.75) is 45.2 Å². The summed E-state index contributed by atoms with van der Waals surface area (Å²) in [5.41, 5.74) is 3.08. The van der Waals surface area contributed by atoms with Gasteiger partial charge in [-0.15, -0.1) is 0 Å². The molecule has 15 heteroatoms. The molecule has 1 saturated heterocycles. The van der Waals surface area contributed by atoms with Crippen LogP contribution in [0.3, 0.4) is 0 Å². The second kappa shape index (κ2) is 11.4. The van der Waals surface area contributed by atoms with Gasteiger partial charge in [-0.1, -0.05) is 0 Å². The predicted octanol–water partition coefficient (Wildman–Crippen LogP) is 1.50. The number of nitrogens with two attached hydrogens (primary N) is 1. The number of hydrogen-bond donors (Lipinski definition) is 3. The summed E-state index contributed by atoms with van der Waals surface area (Å²) in [5.74, 6) is -1.38. The summed E-state index contributed by atoms with van der Waals surface area (Å²) >= 11 is 0. The highest BCUT2D eigenvalue weighted by molar-refractivity contribution is 7.52. The number of hydrogen-bond acceptors (Lipinski definition) is 11. The molecule has 1 unspecified atom stereocenters. The summed E-state index contributed by atoms with van der Waals surface area (Å²) in [6.07, 6.45) is -2.78. The molecule has 1 aromatic heterocycles. The van der Waals surface area contributed by atoms with Crippen LogP contribution in [0.15, 0.2) is 41.3 Å². The number of ether oxygens (including phenoxy) is 2. The minimum atomic E-state index is -4.37. The Morgan fingerprint density at radius 1 is 1.43 bits per heavy atom. The number of nitrogens with one attached hydrogen (secondary N) is 1. The van der Waals surface area contributed by atoms with Gasteiger partial charge in [-0.25, -0.2) is 13.8 Å². The molecule has 1 aromatic carbocycles. The van der Waals surface area contributed by atoms with Gasteiger partial charge in [0.1, 0.15) is 41.0 Å². The molecular weight excluding hydrogens is 512 g/mol. The normalized spacial score (nSPS) is 25.6. The molecule has 0 bridgehead atoms. The van der Waals surface area contributed by atoms with Gasteiger partial charge in [0.2, 0.25) is 0 Å². The van der Waals surface area contributed by atoms with Crippen molar-refractivity contribution in [3.05, 3.63) is 52.8 Å². The monoisotopic (exact) mass is 539 g/mol. The van der Waals surface area contributed by atoms with E-state index in [1.54, 1.807) is 6.92 Å². The topological polar surface area (TPSA) is 188 Å². The molecule has 37 heavy (non-hydrogen) atoms. The summed E-state index contributed by atoms with van der Waals surface area (Å²) in [4.78, 5) is 28.1. The largest absolute Gasteiger partial charge is 0.465 e. The van der Waals surface area contributed by atoms with E-state index in [9.17, 15) is 28.9 Å². The number of nitriles is 1. The summed E-state index contributed by atoms with van der Waals surface area (Å²) < 4.78 is 49.5. The van der Waals surface area contributed by atoms with Crippen molar-refractivity contribution in [2.75, 3.05) is 18.9 Å². The van der Waals surface area contributed by atoms with E-state index in [-0.39, 0.29) is 18.2 Å². The minimum Gasteiger partial charge on any atom is -0.465 e. The lowest BCUT2D eigenvalue weighted by Crippen LogP contribution is -2.40. The number of carbonyl (C=O) groups is 1. The molecule has 1 fully saturated rings.